The number of hydrogen-bond acceptors (Lipinski definition) is 3. The third-order valence-corrected chi connectivity index (χ3v) is 2.69. The Kier molecular flexibility index (Phi) is 7.35. The summed E-state index contributed by atoms with van der Waals surface area (Å²) in [6, 6.07) is 7.53. The van der Waals surface area contributed by atoms with Crippen LogP contribution in [0.2, 0.25) is 0 Å². The molecule has 4 nitrogen and oxygen atoms in total. The summed E-state index contributed by atoms with van der Waals surface area (Å²) in [6.07, 6.45) is 5.83. The number of ether oxygens (including phenoxy) is 1. The lowest BCUT2D eigenvalue weighted by Crippen LogP contribution is -2.22. The topological polar surface area (TPSA) is 58.6 Å². The van der Waals surface area contributed by atoms with Gasteiger partial charge < -0.3 is 15.2 Å². The lowest BCUT2D eigenvalue weighted by atomic mass is 10.2. The van der Waals surface area contributed by atoms with E-state index < -0.39 is 0 Å². The van der Waals surface area contributed by atoms with Crippen LogP contribution in [0.4, 0.5) is 0 Å². The first kappa shape index (κ1) is 15.2. The summed E-state index contributed by atoms with van der Waals surface area (Å²) in [6.45, 7) is 0.844. The van der Waals surface area contributed by atoms with Gasteiger partial charge in [0.25, 0.3) is 0 Å². The summed E-state index contributed by atoms with van der Waals surface area (Å²) in [5.41, 5.74) is 0.875. The summed E-state index contributed by atoms with van der Waals surface area (Å²) in [4.78, 5) is 11.6. The van der Waals surface area contributed by atoms with E-state index in [2.05, 4.69) is 5.32 Å². The van der Waals surface area contributed by atoms with Crippen LogP contribution in [-0.2, 0) is 4.79 Å². The molecule has 104 valence electrons. The molecule has 0 aliphatic rings. The molecule has 0 unspecified atom stereocenters. The number of methoxy groups -OCH3 is 1. The van der Waals surface area contributed by atoms with Gasteiger partial charge in [0.2, 0.25) is 5.91 Å². The largest absolute Gasteiger partial charge is 0.496 e. The minimum atomic E-state index is -0.116. The molecule has 19 heavy (non-hydrogen) atoms. The highest BCUT2D eigenvalue weighted by molar-refractivity contribution is 5.92. The Morgan fingerprint density at radius 1 is 1.32 bits per heavy atom. The second-order valence-electron chi connectivity index (χ2n) is 4.15. The highest BCUT2D eigenvalue weighted by Crippen LogP contribution is 2.18. The number of amides is 1. The van der Waals surface area contributed by atoms with Crippen LogP contribution in [0.15, 0.2) is 30.3 Å². The zero-order valence-corrected chi connectivity index (χ0v) is 11.3. The van der Waals surface area contributed by atoms with Gasteiger partial charge in [0.05, 0.1) is 7.11 Å². The van der Waals surface area contributed by atoms with Crippen LogP contribution in [0, 0.1) is 0 Å². The van der Waals surface area contributed by atoms with Crippen molar-refractivity contribution < 1.29 is 14.6 Å². The molecule has 0 atom stereocenters. The quantitative estimate of drug-likeness (QED) is 0.557. The van der Waals surface area contributed by atoms with E-state index in [1.54, 1.807) is 13.2 Å². The number of unbranched alkanes of at least 4 members (excludes halogenated alkanes) is 2. The van der Waals surface area contributed by atoms with Gasteiger partial charge in [0.15, 0.2) is 0 Å². The standard InChI is InChI=1S/C15H21NO3/c1-19-14-8-4-3-7-13(14)9-10-15(18)16-11-5-2-6-12-17/h3-4,7-10,17H,2,5-6,11-12H2,1H3,(H,16,18)/b10-9+. The normalized spacial score (nSPS) is 10.6. The van der Waals surface area contributed by atoms with Crippen LogP contribution in [0.25, 0.3) is 6.08 Å². The minimum Gasteiger partial charge on any atom is -0.496 e. The lowest BCUT2D eigenvalue weighted by molar-refractivity contribution is -0.116. The predicted octanol–water partition coefficient (Wildman–Crippen LogP) is 1.99. The molecule has 0 radical (unpaired) electrons. The minimum absolute atomic E-state index is 0.116. The molecule has 0 saturated heterocycles. The van der Waals surface area contributed by atoms with Crippen LogP contribution in [0.1, 0.15) is 24.8 Å². The number of hydrogen-bond donors (Lipinski definition) is 2. The van der Waals surface area contributed by atoms with Gasteiger partial charge in [0, 0.05) is 24.8 Å². The first-order valence-corrected chi connectivity index (χ1v) is 6.47. The Morgan fingerprint density at radius 3 is 2.84 bits per heavy atom. The van der Waals surface area contributed by atoms with Crippen molar-refractivity contribution in [3.05, 3.63) is 35.9 Å². The van der Waals surface area contributed by atoms with Crippen molar-refractivity contribution in [2.24, 2.45) is 0 Å². The molecule has 1 amide bonds. The fourth-order valence-corrected chi connectivity index (χ4v) is 1.65. The van der Waals surface area contributed by atoms with Crippen molar-refractivity contribution in [3.63, 3.8) is 0 Å². The number of nitrogens with one attached hydrogen (secondary N) is 1. The molecule has 0 aromatic heterocycles. The number of aliphatic hydroxyl groups excluding tert-OH is 1. The van der Waals surface area contributed by atoms with Gasteiger partial charge in [-0.3, -0.25) is 4.79 Å². The average Bonchev–Trinajstić information content (AvgIpc) is 2.45. The maximum atomic E-state index is 11.6. The zero-order valence-electron chi connectivity index (χ0n) is 11.3. The third-order valence-electron chi connectivity index (χ3n) is 2.69. The zero-order chi connectivity index (χ0) is 13.9. The van der Waals surface area contributed by atoms with E-state index in [9.17, 15) is 4.79 Å². The molecule has 0 heterocycles. The number of rotatable bonds is 8. The average molecular weight is 263 g/mol. The molecule has 0 fully saturated rings. The van der Waals surface area contributed by atoms with E-state index >= 15 is 0 Å². The van der Waals surface area contributed by atoms with Gasteiger partial charge in [-0.15, -0.1) is 0 Å². The molecule has 2 N–H and O–H groups in total. The molecule has 1 aromatic rings. The van der Waals surface area contributed by atoms with Crippen molar-refractivity contribution in [2.45, 2.75) is 19.3 Å². The van der Waals surface area contributed by atoms with E-state index in [0.29, 0.717) is 6.54 Å². The summed E-state index contributed by atoms with van der Waals surface area (Å²) >= 11 is 0. The molecule has 0 spiro atoms. The molecule has 0 saturated carbocycles. The second kappa shape index (κ2) is 9.16. The van der Waals surface area contributed by atoms with Crippen LogP contribution in [0.3, 0.4) is 0 Å². The summed E-state index contributed by atoms with van der Waals surface area (Å²) in [7, 11) is 1.61. The van der Waals surface area contributed by atoms with Crippen molar-refractivity contribution in [3.8, 4) is 5.75 Å². The van der Waals surface area contributed by atoms with Gasteiger partial charge in [-0.05, 0) is 31.4 Å². The Balaban J connectivity index is 2.37. The Hall–Kier alpha value is -1.81. The molecule has 1 rings (SSSR count). The molecule has 0 aliphatic carbocycles. The van der Waals surface area contributed by atoms with Crippen LogP contribution in [0.5, 0.6) is 5.75 Å². The Labute approximate surface area is 114 Å². The van der Waals surface area contributed by atoms with Crippen molar-refractivity contribution >= 4 is 12.0 Å². The molecule has 1 aromatic carbocycles. The van der Waals surface area contributed by atoms with Crippen molar-refractivity contribution in [1.29, 1.82) is 0 Å². The summed E-state index contributed by atoms with van der Waals surface area (Å²) < 4.78 is 5.20. The smallest absolute Gasteiger partial charge is 0.244 e. The van der Waals surface area contributed by atoms with E-state index in [-0.39, 0.29) is 12.5 Å². The van der Waals surface area contributed by atoms with Gasteiger partial charge in [0.1, 0.15) is 5.75 Å². The summed E-state index contributed by atoms with van der Waals surface area (Å²) in [5, 5.41) is 11.4. The van der Waals surface area contributed by atoms with E-state index in [0.717, 1.165) is 30.6 Å². The highest BCUT2D eigenvalue weighted by Gasteiger charge is 1.99. The van der Waals surface area contributed by atoms with Gasteiger partial charge in [-0.25, -0.2) is 0 Å². The van der Waals surface area contributed by atoms with Crippen LogP contribution >= 0.6 is 0 Å². The molecule has 4 heteroatoms. The van der Waals surface area contributed by atoms with Gasteiger partial charge in [-0.2, -0.15) is 0 Å². The SMILES string of the molecule is COc1ccccc1/C=C/C(=O)NCCCCCO. The number of para-hydroxylation sites is 1. The van der Waals surface area contributed by atoms with Crippen molar-refractivity contribution in [1.82, 2.24) is 5.32 Å². The first-order valence-electron chi connectivity index (χ1n) is 6.47. The second-order valence-corrected chi connectivity index (χ2v) is 4.15. The Bertz CT molecular complexity index is 416. The monoisotopic (exact) mass is 263 g/mol. The lowest BCUT2D eigenvalue weighted by Gasteiger charge is -2.04. The number of carbonyl (C=O) groups is 1. The van der Waals surface area contributed by atoms with E-state index in [4.69, 9.17) is 9.84 Å². The molecule has 0 aliphatic heterocycles. The van der Waals surface area contributed by atoms with Crippen LogP contribution < -0.4 is 10.1 Å². The highest BCUT2D eigenvalue weighted by atomic mass is 16.5. The molecule has 0 bridgehead atoms. The number of aliphatic hydroxyl groups is 1. The predicted molar refractivity (Wildman–Crippen MR) is 76.0 cm³/mol. The van der Waals surface area contributed by atoms with Gasteiger partial charge in [-0.1, -0.05) is 18.2 Å². The molecular weight excluding hydrogens is 242 g/mol. The fraction of sp³-hybridized carbons (Fsp3) is 0.400. The Morgan fingerprint density at radius 2 is 2.11 bits per heavy atom. The maximum Gasteiger partial charge on any atom is 0.244 e. The maximum absolute atomic E-state index is 11.6. The third kappa shape index (κ3) is 6.06. The first-order chi connectivity index (χ1) is 9.27. The number of benzene rings is 1. The molecular formula is C15H21NO3. The van der Waals surface area contributed by atoms with Crippen LogP contribution in [-0.4, -0.2) is 31.3 Å². The fourth-order valence-electron chi connectivity index (χ4n) is 1.65. The van der Waals surface area contributed by atoms with Crippen molar-refractivity contribution in [2.75, 3.05) is 20.3 Å². The number of carbonyl (C=O) groups excluding carboxylic acids is 1. The van der Waals surface area contributed by atoms with Gasteiger partial charge >= 0.3 is 0 Å². The van der Waals surface area contributed by atoms with E-state index in [1.807, 2.05) is 24.3 Å². The summed E-state index contributed by atoms with van der Waals surface area (Å²) in [5.74, 6) is 0.629. The van der Waals surface area contributed by atoms with E-state index in [1.165, 1.54) is 6.08 Å².